The summed E-state index contributed by atoms with van der Waals surface area (Å²) in [5.41, 5.74) is 6.77. The quantitative estimate of drug-likeness (QED) is 0.681. The Kier molecular flexibility index (Phi) is 4.83. The summed E-state index contributed by atoms with van der Waals surface area (Å²) < 4.78 is 0. The summed E-state index contributed by atoms with van der Waals surface area (Å²) in [5, 5.41) is 9.12. The van der Waals surface area contributed by atoms with Crippen LogP contribution in [-0.4, -0.2) is 22.7 Å². The maximum absolute atomic E-state index is 11.7. The van der Waals surface area contributed by atoms with Crippen molar-refractivity contribution in [2.24, 2.45) is 11.7 Å². The number of hydrogen-bond donors (Lipinski definition) is 3. The predicted molar refractivity (Wildman–Crippen MR) is 67.8 cm³/mol. The molecule has 16 heavy (non-hydrogen) atoms. The zero-order valence-corrected chi connectivity index (χ0v) is 10.2. The third-order valence-corrected chi connectivity index (χ3v) is 3.06. The van der Waals surface area contributed by atoms with Gasteiger partial charge in [0.25, 0.3) is 0 Å². The van der Waals surface area contributed by atoms with E-state index in [9.17, 15) is 4.79 Å². The number of benzene rings is 1. The number of thiol groups is 1. The Morgan fingerprint density at radius 3 is 2.50 bits per heavy atom. The highest BCUT2D eigenvalue weighted by Crippen LogP contribution is 2.12. The van der Waals surface area contributed by atoms with Gasteiger partial charge in [0.2, 0.25) is 0 Å². The lowest BCUT2D eigenvalue weighted by Gasteiger charge is -2.14. The molecule has 1 aromatic carbocycles. The number of hydrogen-bond acceptors (Lipinski definition) is 4. The standard InChI is InChI=1S/C12H17NO2S/c1-8(7-16)12(15)11(13)6-9-2-4-10(14)5-3-9/h2-5,8,11,14,16H,6-7,13H2,1H3/t8?,11-/m0/s1. The molecule has 1 aromatic rings. The molecule has 0 aliphatic rings. The van der Waals surface area contributed by atoms with Crippen molar-refractivity contribution in [3.63, 3.8) is 0 Å². The first-order valence-electron chi connectivity index (χ1n) is 5.22. The van der Waals surface area contributed by atoms with E-state index in [1.54, 1.807) is 24.3 Å². The van der Waals surface area contributed by atoms with Crippen LogP contribution in [-0.2, 0) is 11.2 Å². The summed E-state index contributed by atoms with van der Waals surface area (Å²) >= 11 is 4.08. The molecule has 0 aromatic heterocycles. The molecule has 88 valence electrons. The van der Waals surface area contributed by atoms with Crippen LogP contribution in [0.1, 0.15) is 12.5 Å². The van der Waals surface area contributed by atoms with Crippen molar-refractivity contribution in [2.45, 2.75) is 19.4 Å². The van der Waals surface area contributed by atoms with Gasteiger partial charge in [-0.05, 0) is 29.9 Å². The highest BCUT2D eigenvalue weighted by molar-refractivity contribution is 7.80. The van der Waals surface area contributed by atoms with Crippen LogP contribution in [0, 0.1) is 5.92 Å². The van der Waals surface area contributed by atoms with Gasteiger partial charge in [0.15, 0.2) is 5.78 Å². The van der Waals surface area contributed by atoms with E-state index in [1.165, 1.54) is 0 Å². The number of phenols is 1. The van der Waals surface area contributed by atoms with Crippen molar-refractivity contribution in [3.05, 3.63) is 29.8 Å². The molecule has 0 fully saturated rings. The number of Topliss-reactive ketones (excluding diaryl/α,β-unsaturated/α-hetero) is 1. The Morgan fingerprint density at radius 1 is 1.44 bits per heavy atom. The largest absolute Gasteiger partial charge is 0.508 e. The van der Waals surface area contributed by atoms with Crippen molar-refractivity contribution in [2.75, 3.05) is 5.75 Å². The van der Waals surface area contributed by atoms with E-state index in [2.05, 4.69) is 12.6 Å². The SMILES string of the molecule is CC(CS)C(=O)[C@@H](N)Cc1ccc(O)cc1. The third kappa shape index (κ3) is 3.54. The van der Waals surface area contributed by atoms with Crippen molar-refractivity contribution < 1.29 is 9.90 Å². The molecule has 4 heteroatoms. The summed E-state index contributed by atoms with van der Waals surface area (Å²) in [7, 11) is 0. The Labute approximate surface area is 101 Å². The molecule has 0 saturated carbocycles. The fourth-order valence-electron chi connectivity index (χ4n) is 1.44. The Balaban J connectivity index is 2.60. The van der Waals surface area contributed by atoms with Crippen LogP contribution in [0.2, 0.25) is 0 Å². The molecule has 0 heterocycles. The van der Waals surface area contributed by atoms with Gasteiger partial charge in [0.05, 0.1) is 6.04 Å². The third-order valence-electron chi connectivity index (χ3n) is 2.52. The molecule has 0 radical (unpaired) electrons. The Hall–Kier alpha value is -1.00. The molecule has 0 bridgehead atoms. The average molecular weight is 239 g/mol. The topological polar surface area (TPSA) is 63.3 Å². The van der Waals surface area contributed by atoms with Gasteiger partial charge in [0, 0.05) is 5.92 Å². The maximum Gasteiger partial charge on any atom is 0.153 e. The summed E-state index contributed by atoms with van der Waals surface area (Å²) in [6.45, 7) is 1.83. The highest BCUT2D eigenvalue weighted by Gasteiger charge is 2.19. The molecule has 0 aliphatic carbocycles. The van der Waals surface area contributed by atoms with E-state index in [-0.39, 0.29) is 17.5 Å². The average Bonchev–Trinajstić information content (AvgIpc) is 2.30. The van der Waals surface area contributed by atoms with Crippen LogP contribution in [0.3, 0.4) is 0 Å². The number of phenolic OH excluding ortho intramolecular Hbond substituents is 1. The zero-order valence-electron chi connectivity index (χ0n) is 9.26. The van der Waals surface area contributed by atoms with E-state index in [1.807, 2.05) is 6.92 Å². The predicted octanol–water partition coefficient (Wildman–Crippen LogP) is 1.40. The normalized spacial score (nSPS) is 14.4. The van der Waals surface area contributed by atoms with E-state index < -0.39 is 6.04 Å². The highest BCUT2D eigenvalue weighted by atomic mass is 32.1. The molecular formula is C12H17NO2S. The Morgan fingerprint density at radius 2 is 2.00 bits per heavy atom. The van der Waals surface area contributed by atoms with Crippen LogP contribution >= 0.6 is 12.6 Å². The van der Waals surface area contributed by atoms with Gasteiger partial charge in [0.1, 0.15) is 5.75 Å². The van der Waals surface area contributed by atoms with Crippen LogP contribution in [0.25, 0.3) is 0 Å². The zero-order chi connectivity index (χ0) is 12.1. The second-order valence-electron chi connectivity index (χ2n) is 3.96. The first kappa shape index (κ1) is 13.1. The molecule has 1 rings (SSSR count). The number of ketones is 1. The van der Waals surface area contributed by atoms with Crippen molar-refractivity contribution in [3.8, 4) is 5.75 Å². The van der Waals surface area contributed by atoms with Crippen molar-refractivity contribution >= 4 is 18.4 Å². The lowest BCUT2D eigenvalue weighted by Crippen LogP contribution is -2.37. The summed E-state index contributed by atoms with van der Waals surface area (Å²) in [6.07, 6.45) is 0.497. The summed E-state index contributed by atoms with van der Waals surface area (Å²) in [6, 6.07) is 6.23. The number of carbonyl (C=O) groups excluding carboxylic acids is 1. The minimum Gasteiger partial charge on any atom is -0.508 e. The van der Waals surface area contributed by atoms with Gasteiger partial charge in [-0.15, -0.1) is 0 Å². The number of rotatable bonds is 5. The van der Waals surface area contributed by atoms with Gasteiger partial charge in [-0.25, -0.2) is 0 Å². The molecule has 3 nitrogen and oxygen atoms in total. The molecule has 0 saturated heterocycles. The minimum atomic E-state index is -0.494. The molecule has 0 spiro atoms. The monoisotopic (exact) mass is 239 g/mol. The van der Waals surface area contributed by atoms with Gasteiger partial charge in [-0.1, -0.05) is 19.1 Å². The van der Waals surface area contributed by atoms with E-state index in [0.717, 1.165) is 5.56 Å². The number of aromatic hydroxyl groups is 1. The fourth-order valence-corrected chi connectivity index (χ4v) is 1.62. The van der Waals surface area contributed by atoms with Gasteiger partial charge < -0.3 is 10.8 Å². The van der Waals surface area contributed by atoms with Crippen molar-refractivity contribution in [1.82, 2.24) is 0 Å². The van der Waals surface area contributed by atoms with E-state index >= 15 is 0 Å². The van der Waals surface area contributed by atoms with Crippen molar-refractivity contribution in [1.29, 1.82) is 0 Å². The molecule has 2 atom stereocenters. The maximum atomic E-state index is 11.7. The van der Waals surface area contributed by atoms with E-state index in [4.69, 9.17) is 10.8 Å². The Bertz CT molecular complexity index is 351. The first-order chi connectivity index (χ1) is 7.54. The van der Waals surface area contributed by atoms with Gasteiger partial charge in [-0.3, -0.25) is 4.79 Å². The van der Waals surface area contributed by atoms with Crippen LogP contribution in [0.4, 0.5) is 0 Å². The molecule has 1 unspecified atom stereocenters. The molecule has 3 N–H and O–H groups in total. The summed E-state index contributed by atoms with van der Waals surface area (Å²) in [5.74, 6) is 0.646. The number of carbonyl (C=O) groups is 1. The second kappa shape index (κ2) is 5.92. The summed E-state index contributed by atoms with van der Waals surface area (Å²) in [4.78, 5) is 11.7. The van der Waals surface area contributed by atoms with Crippen LogP contribution < -0.4 is 5.73 Å². The number of nitrogens with two attached hydrogens (primary N) is 1. The minimum absolute atomic E-state index is 0.0306. The molecular weight excluding hydrogens is 222 g/mol. The lowest BCUT2D eigenvalue weighted by molar-refractivity contribution is -0.122. The molecule has 0 aliphatic heterocycles. The van der Waals surface area contributed by atoms with Crippen LogP contribution in [0.15, 0.2) is 24.3 Å². The van der Waals surface area contributed by atoms with Gasteiger partial charge in [-0.2, -0.15) is 12.6 Å². The van der Waals surface area contributed by atoms with Crippen LogP contribution in [0.5, 0.6) is 5.75 Å². The van der Waals surface area contributed by atoms with E-state index in [0.29, 0.717) is 12.2 Å². The lowest BCUT2D eigenvalue weighted by atomic mass is 9.96. The first-order valence-corrected chi connectivity index (χ1v) is 5.86. The van der Waals surface area contributed by atoms with Gasteiger partial charge >= 0.3 is 0 Å². The molecule has 0 amide bonds. The second-order valence-corrected chi connectivity index (χ2v) is 4.33. The fraction of sp³-hybridized carbons (Fsp3) is 0.417. The smallest absolute Gasteiger partial charge is 0.153 e.